The van der Waals surface area contributed by atoms with Crippen molar-refractivity contribution in [3.63, 3.8) is 0 Å². The maximum atomic E-state index is 15.7. The molecular formula is C45H52FN9O5S. The van der Waals surface area contributed by atoms with E-state index in [-0.39, 0.29) is 54.5 Å². The molecule has 2 aromatic heterocycles. The van der Waals surface area contributed by atoms with Gasteiger partial charge in [-0.3, -0.25) is 19.3 Å². The number of para-hydroxylation sites is 1. The number of halogens is 1. The van der Waals surface area contributed by atoms with Gasteiger partial charge >= 0.3 is 0 Å². The average molecular weight is 850 g/mol. The second-order valence-electron chi connectivity index (χ2n) is 16.9. The van der Waals surface area contributed by atoms with Gasteiger partial charge in [0.1, 0.15) is 23.7 Å². The zero-order valence-electron chi connectivity index (χ0n) is 34.9. The van der Waals surface area contributed by atoms with Gasteiger partial charge in [0.25, 0.3) is 0 Å². The number of likely N-dealkylation sites (tertiary alicyclic amines) is 1. The van der Waals surface area contributed by atoms with Crippen molar-refractivity contribution in [2.24, 2.45) is 5.41 Å². The largest absolute Gasteiger partial charge is 0.507 e. The van der Waals surface area contributed by atoms with Crippen molar-refractivity contribution in [1.82, 2.24) is 35.6 Å². The number of aliphatic hydroxyl groups is 1. The second kappa shape index (κ2) is 17.9. The van der Waals surface area contributed by atoms with Gasteiger partial charge in [0, 0.05) is 61.5 Å². The molecule has 2 aliphatic rings. The van der Waals surface area contributed by atoms with E-state index in [0.29, 0.717) is 48.7 Å². The number of hydrogen-bond donors (Lipinski definition) is 5. The fraction of sp³-hybridized carbons (Fsp3) is 0.378. The lowest BCUT2D eigenvalue weighted by Crippen LogP contribution is -2.59. The van der Waals surface area contributed by atoms with Gasteiger partial charge in [-0.25, -0.2) is 9.37 Å². The molecule has 5 aromatic rings. The molecular weight excluding hydrogens is 798 g/mol. The Hall–Kier alpha value is -5.97. The number of aromatic hydroxyl groups is 1. The average Bonchev–Trinajstić information content (AvgIpc) is 3.85. The molecule has 3 aromatic carbocycles. The highest BCUT2D eigenvalue weighted by atomic mass is 32.1. The molecule has 6 N–H and O–H groups in total. The van der Waals surface area contributed by atoms with Crippen LogP contribution in [0.2, 0.25) is 0 Å². The summed E-state index contributed by atoms with van der Waals surface area (Å²) >= 11 is 1.57. The number of aliphatic hydroxyl groups excluding tert-OH is 1. The highest BCUT2D eigenvalue weighted by molar-refractivity contribution is 7.13. The second-order valence-corrected chi connectivity index (χ2v) is 17.7. The molecule has 3 amide bonds. The van der Waals surface area contributed by atoms with Crippen LogP contribution in [0, 0.1) is 18.2 Å². The lowest BCUT2D eigenvalue weighted by atomic mass is 9.85. The number of phenols is 1. The van der Waals surface area contributed by atoms with E-state index in [2.05, 4.69) is 25.8 Å². The summed E-state index contributed by atoms with van der Waals surface area (Å²) in [5.41, 5.74) is 12.2. The molecule has 320 valence electrons. The Balaban J connectivity index is 0.944. The van der Waals surface area contributed by atoms with Gasteiger partial charge in [-0.1, -0.05) is 57.2 Å². The van der Waals surface area contributed by atoms with Crippen molar-refractivity contribution >= 4 is 40.6 Å². The zero-order chi connectivity index (χ0) is 43.6. The zero-order valence-corrected chi connectivity index (χ0v) is 35.7. The molecule has 61 heavy (non-hydrogen) atoms. The van der Waals surface area contributed by atoms with Crippen LogP contribution in [0.15, 0.2) is 78.3 Å². The Bertz CT molecular complexity index is 2400. The molecule has 0 bridgehead atoms. The lowest BCUT2D eigenvalue weighted by Gasteiger charge is -2.38. The summed E-state index contributed by atoms with van der Waals surface area (Å²) in [6, 6.07) is 18.9. The number of aryl methyl sites for hydroxylation is 1. The molecule has 7 rings (SSSR count). The van der Waals surface area contributed by atoms with E-state index in [1.807, 2.05) is 80.3 Å². The molecule has 1 unspecified atom stereocenters. The third-order valence-electron chi connectivity index (χ3n) is 11.4. The van der Waals surface area contributed by atoms with Crippen LogP contribution in [0.3, 0.4) is 0 Å². The van der Waals surface area contributed by atoms with Gasteiger partial charge in [-0.2, -0.15) is 0 Å². The SMILES string of the molecule is Cc1ncsc1-c1ccc([C@H](C)NC(=O)[C@@H]2C[C@@H](O)CN2C(=O)C(NC(=O)CN2CCN(c3ccc(-c4cc(-c5ccccc5O)nnc4N)c(F)c3)CC2)C(C)(C)C)cc1. The summed E-state index contributed by atoms with van der Waals surface area (Å²) in [4.78, 5) is 52.3. The number of benzene rings is 3. The summed E-state index contributed by atoms with van der Waals surface area (Å²) in [5.74, 6) is -1.55. The van der Waals surface area contributed by atoms with E-state index in [1.165, 1.54) is 17.0 Å². The minimum absolute atomic E-state index is 0.0206. The minimum atomic E-state index is -0.956. The summed E-state index contributed by atoms with van der Waals surface area (Å²) in [6.07, 6.45) is -0.798. The Morgan fingerprint density at radius 1 is 0.951 bits per heavy atom. The third-order valence-corrected chi connectivity index (χ3v) is 12.4. The minimum Gasteiger partial charge on any atom is -0.507 e. The van der Waals surface area contributed by atoms with Crippen LogP contribution in [0.25, 0.3) is 32.8 Å². The van der Waals surface area contributed by atoms with E-state index < -0.39 is 35.3 Å². The van der Waals surface area contributed by atoms with Gasteiger partial charge in [-0.05, 0) is 66.8 Å². The monoisotopic (exact) mass is 849 g/mol. The number of carbonyl (C=O) groups excluding carboxylic acids is 3. The Morgan fingerprint density at radius 3 is 2.33 bits per heavy atom. The number of amides is 3. The Morgan fingerprint density at radius 2 is 1.67 bits per heavy atom. The maximum Gasteiger partial charge on any atom is 0.246 e. The molecule has 0 spiro atoms. The van der Waals surface area contributed by atoms with Crippen molar-refractivity contribution in [1.29, 1.82) is 0 Å². The highest BCUT2D eigenvalue weighted by Crippen LogP contribution is 2.35. The first-order chi connectivity index (χ1) is 29.1. The van der Waals surface area contributed by atoms with Crippen LogP contribution < -0.4 is 21.3 Å². The van der Waals surface area contributed by atoms with E-state index >= 15 is 4.39 Å². The predicted molar refractivity (Wildman–Crippen MR) is 234 cm³/mol. The number of thiazole rings is 1. The number of nitrogens with zero attached hydrogens (tertiary/aromatic N) is 6. The van der Waals surface area contributed by atoms with E-state index in [1.54, 1.807) is 41.7 Å². The summed E-state index contributed by atoms with van der Waals surface area (Å²) in [6.45, 7) is 11.5. The number of nitrogens with two attached hydrogens (primary N) is 1. The smallest absolute Gasteiger partial charge is 0.246 e. The fourth-order valence-corrected chi connectivity index (χ4v) is 8.76. The molecule has 4 heterocycles. The number of nitrogens with one attached hydrogen (secondary N) is 2. The molecule has 0 saturated carbocycles. The quantitative estimate of drug-likeness (QED) is 0.118. The number of β-amino-alcohol motifs (C(OH)–C–C–N with tert-alkyl or cyclic N) is 1. The van der Waals surface area contributed by atoms with Crippen molar-refractivity contribution in [2.75, 3.05) is 49.9 Å². The Kier molecular flexibility index (Phi) is 12.7. The van der Waals surface area contributed by atoms with Crippen LogP contribution in [-0.2, 0) is 14.4 Å². The third kappa shape index (κ3) is 9.66. The first-order valence-corrected chi connectivity index (χ1v) is 21.2. The van der Waals surface area contributed by atoms with Crippen molar-refractivity contribution in [2.45, 2.75) is 65.3 Å². The fourth-order valence-electron chi connectivity index (χ4n) is 7.95. The number of rotatable bonds is 11. The van der Waals surface area contributed by atoms with Gasteiger partial charge in [0.2, 0.25) is 17.7 Å². The lowest BCUT2D eigenvalue weighted by molar-refractivity contribution is -0.144. The van der Waals surface area contributed by atoms with Crippen LogP contribution in [0.5, 0.6) is 5.75 Å². The highest BCUT2D eigenvalue weighted by Gasteiger charge is 2.45. The first kappa shape index (κ1) is 43.1. The van der Waals surface area contributed by atoms with Crippen molar-refractivity contribution in [3.8, 4) is 38.6 Å². The molecule has 0 radical (unpaired) electrons. The molecule has 14 nitrogen and oxygen atoms in total. The number of piperazine rings is 1. The molecule has 4 atom stereocenters. The van der Waals surface area contributed by atoms with Crippen LogP contribution >= 0.6 is 11.3 Å². The molecule has 16 heteroatoms. The Labute approximate surface area is 358 Å². The summed E-state index contributed by atoms with van der Waals surface area (Å²) in [5, 5.41) is 35.1. The van der Waals surface area contributed by atoms with Crippen LogP contribution in [0.4, 0.5) is 15.9 Å². The van der Waals surface area contributed by atoms with Crippen LogP contribution in [-0.4, -0.2) is 110 Å². The van der Waals surface area contributed by atoms with Crippen molar-refractivity contribution < 1.29 is 29.0 Å². The molecule has 0 aliphatic carbocycles. The summed E-state index contributed by atoms with van der Waals surface area (Å²) in [7, 11) is 0. The van der Waals surface area contributed by atoms with E-state index in [4.69, 9.17) is 5.73 Å². The number of anilines is 2. The first-order valence-electron chi connectivity index (χ1n) is 20.3. The summed E-state index contributed by atoms with van der Waals surface area (Å²) < 4.78 is 15.7. The van der Waals surface area contributed by atoms with Gasteiger partial charge in [-0.15, -0.1) is 21.5 Å². The number of aromatic nitrogens is 3. The molecule has 2 aliphatic heterocycles. The number of nitrogen functional groups attached to an aromatic ring is 1. The van der Waals surface area contributed by atoms with E-state index in [0.717, 1.165) is 21.7 Å². The molecule has 2 fully saturated rings. The number of carbonyl (C=O) groups is 3. The maximum absolute atomic E-state index is 15.7. The van der Waals surface area contributed by atoms with Gasteiger partial charge < -0.3 is 36.4 Å². The predicted octanol–water partition coefficient (Wildman–Crippen LogP) is 5.16. The number of hydrogen-bond acceptors (Lipinski definition) is 12. The standard InChI is InChI=1S/C45H52FN9O5S/c1-26(28-10-12-29(13-11-28)40-27(2)48-25-61-40)49-43(59)37-21-31(56)23-55(37)44(60)41(45(3,4)5)50-39(58)24-53-16-18-54(19-17-53)30-14-15-32(35(46)20-30)34-22-36(51-52-42(34)47)33-8-6-7-9-38(33)57/h6-15,20,22,25-26,31,37,41,56-57H,16-19,21,23-24H2,1-5H3,(H2,47,52)(H,49,59)(H,50,58)/t26-,31+,37-,41?/m0/s1. The van der Waals surface area contributed by atoms with Gasteiger partial charge in [0.05, 0.1) is 40.5 Å². The van der Waals surface area contributed by atoms with E-state index in [9.17, 15) is 24.6 Å². The van der Waals surface area contributed by atoms with Crippen LogP contribution in [0.1, 0.15) is 51.4 Å². The molecule has 2 saturated heterocycles. The van der Waals surface area contributed by atoms with Gasteiger partial charge in [0.15, 0.2) is 5.82 Å². The number of phenolic OH excluding ortho intramolecular Hbond substituents is 1. The normalized spacial score (nSPS) is 18.1. The van der Waals surface area contributed by atoms with Crippen molar-refractivity contribution in [3.05, 3.63) is 95.4 Å². The topological polar surface area (TPSA) is 190 Å².